The summed E-state index contributed by atoms with van der Waals surface area (Å²) in [6.07, 6.45) is -3.77. The second kappa shape index (κ2) is 2.95. The van der Waals surface area contributed by atoms with Crippen LogP contribution < -0.4 is 0 Å². The fourth-order valence-corrected chi connectivity index (χ4v) is 1.48. The maximum atomic E-state index is 12.2. The minimum Gasteiger partial charge on any atom is -0.331 e. The van der Waals surface area contributed by atoms with Gasteiger partial charge in [0.15, 0.2) is 0 Å². The highest BCUT2D eigenvalue weighted by Crippen LogP contribution is 2.32. The largest absolute Gasteiger partial charge is 0.408 e. The first-order chi connectivity index (χ1) is 5.43. The first-order valence-corrected chi connectivity index (χ1v) is 3.77. The third-order valence-corrected chi connectivity index (χ3v) is 2.04. The van der Waals surface area contributed by atoms with E-state index in [1.165, 1.54) is 6.92 Å². The fraction of sp³-hybridized carbons (Fsp3) is 0.857. The van der Waals surface area contributed by atoms with E-state index >= 15 is 0 Å². The molecule has 5 heteroatoms. The summed E-state index contributed by atoms with van der Waals surface area (Å²) in [5, 5.41) is 0. The second-order valence-corrected chi connectivity index (χ2v) is 2.91. The number of hydrogen-bond donors (Lipinski definition) is 0. The SMILES string of the molecule is CC(=O)N1CCC[C@H]1C(F)(F)F. The number of halogens is 3. The van der Waals surface area contributed by atoms with Gasteiger partial charge >= 0.3 is 6.18 Å². The first kappa shape index (κ1) is 9.35. The molecule has 1 aliphatic heterocycles. The molecule has 0 radical (unpaired) electrons. The second-order valence-electron chi connectivity index (χ2n) is 2.91. The van der Waals surface area contributed by atoms with Crippen molar-refractivity contribution in [3.05, 3.63) is 0 Å². The van der Waals surface area contributed by atoms with Crippen molar-refractivity contribution in [2.75, 3.05) is 6.54 Å². The molecule has 0 bridgehead atoms. The molecular weight excluding hydrogens is 171 g/mol. The maximum Gasteiger partial charge on any atom is 0.408 e. The molecule has 0 saturated carbocycles. The summed E-state index contributed by atoms with van der Waals surface area (Å²) in [6, 6.07) is -1.55. The summed E-state index contributed by atoms with van der Waals surface area (Å²) < 4.78 is 36.5. The highest BCUT2D eigenvalue weighted by atomic mass is 19.4. The van der Waals surface area contributed by atoms with Crippen molar-refractivity contribution < 1.29 is 18.0 Å². The number of rotatable bonds is 0. The fourth-order valence-electron chi connectivity index (χ4n) is 1.48. The molecule has 0 aromatic heterocycles. The van der Waals surface area contributed by atoms with E-state index in [1.54, 1.807) is 0 Å². The molecule has 0 N–H and O–H groups in total. The zero-order chi connectivity index (χ0) is 9.35. The van der Waals surface area contributed by atoms with Gasteiger partial charge in [0, 0.05) is 13.5 Å². The molecule has 0 aliphatic carbocycles. The first-order valence-electron chi connectivity index (χ1n) is 3.77. The van der Waals surface area contributed by atoms with Crippen LogP contribution >= 0.6 is 0 Å². The predicted octanol–water partition coefficient (Wildman–Crippen LogP) is 1.56. The molecule has 2 nitrogen and oxygen atoms in total. The Labute approximate surface area is 68.3 Å². The van der Waals surface area contributed by atoms with Crippen LogP contribution in [0.3, 0.4) is 0 Å². The lowest BCUT2D eigenvalue weighted by atomic mass is 10.2. The van der Waals surface area contributed by atoms with Crippen molar-refractivity contribution in [1.82, 2.24) is 4.90 Å². The van der Waals surface area contributed by atoms with E-state index < -0.39 is 18.1 Å². The van der Waals surface area contributed by atoms with Crippen LogP contribution in [0, 0.1) is 0 Å². The smallest absolute Gasteiger partial charge is 0.331 e. The summed E-state index contributed by atoms with van der Waals surface area (Å²) in [4.78, 5) is 11.6. The van der Waals surface area contributed by atoms with Gasteiger partial charge in [0.1, 0.15) is 6.04 Å². The van der Waals surface area contributed by atoms with Crippen molar-refractivity contribution in [2.45, 2.75) is 32.0 Å². The Balaban J connectivity index is 2.71. The Bertz CT molecular complexity index is 190. The number of likely N-dealkylation sites (tertiary alicyclic amines) is 1. The molecule has 1 heterocycles. The monoisotopic (exact) mass is 181 g/mol. The van der Waals surface area contributed by atoms with Crippen molar-refractivity contribution in [2.24, 2.45) is 0 Å². The van der Waals surface area contributed by atoms with Gasteiger partial charge in [-0.25, -0.2) is 0 Å². The quantitative estimate of drug-likeness (QED) is 0.555. The molecule has 0 aromatic rings. The van der Waals surface area contributed by atoms with Gasteiger partial charge in [0.2, 0.25) is 5.91 Å². The lowest BCUT2D eigenvalue weighted by molar-refractivity contribution is -0.181. The summed E-state index contributed by atoms with van der Waals surface area (Å²) in [5.74, 6) is -0.491. The van der Waals surface area contributed by atoms with Gasteiger partial charge in [0.25, 0.3) is 0 Å². The van der Waals surface area contributed by atoms with Crippen molar-refractivity contribution >= 4 is 5.91 Å². The highest BCUT2D eigenvalue weighted by molar-refractivity contribution is 5.74. The predicted molar refractivity (Wildman–Crippen MR) is 36.5 cm³/mol. The molecule has 70 valence electrons. The number of nitrogens with zero attached hydrogens (tertiary/aromatic N) is 1. The minimum atomic E-state index is -4.26. The van der Waals surface area contributed by atoms with Gasteiger partial charge < -0.3 is 4.90 Å². The van der Waals surface area contributed by atoms with Crippen LogP contribution in [-0.2, 0) is 4.79 Å². The van der Waals surface area contributed by atoms with Gasteiger partial charge in [-0.1, -0.05) is 0 Å². The topological polar surface area (TPSA) is 20.3 Å². The van der Waals surface area contributed by atoms with Crippen LogP contribution in [0.25, 0.3) is 0 Å². The summed E-state index contributed by atoms with van der Waals surface area (Å²) in [6.45, 7) is 1.41. The van der Waals surface area contributed by atoms with Crippen LogP contribution in [0.1, 0.15) is 19.8 Å². The Hall–Kier alpha value is -0.740. The van der Waals surface area contributed by atoms with Gasteiger partial charge in [0.05, 0.1) is 0 Å². The molecule has 1 atom stereocenters. The number of alkyl halides is 3. The summed E-state index contributed by atoms with van der Waals surface area (Å²) >= 11 is 0. The zero-order valence-electron chi connectivity index (χ0n) is 6.69. The molecule has 12 heavy (non-hydrogen) atoms. The summed E-state index contributed by atoms with van der Waals surface area (Å²) in [7, 11) is 0. The Morgan fingerprint density at radius 3 is 2.42 bits per heavy atom. The van der Waals surface area contributed by atoms with Crippen molar-refractivity contribution in [1.29, 1.82) is 0 Å². The van der Waals surface area contributed by atoms with Crippen LogP contribution in [-0.4, -0.2) is 29.6 Å². The van der Waals surface area contributed by atoms with Crippen LogP contribution in [0.15, 0.2) is 0 Å². The number of carbonyl (C=O) groups is 1. The maximum absolute atomic E-state index is 12.2. The van der Waals surface area contributed by atoms with Crippen LogP contribution in [0.2, 0.25) is 0 Å². The van der Waals surface area contributed by atoms with Gasteiger partial charge in [-0.15, -0.1) is 0 Å². The summed E-state index contributed by atoms with van der Waals surface area (Å²) in [5.41, 5.74) is 0. The van der Waals surface area contributed by atoms with E-state index in [9.17, 15) is 18.0 Å². The molecule has 1 amide bonds. The lowest BCUT2D eigenvalue weighted by Gasteiger charge is -2.25. The molecule has 1 aliphatic rings. The van der Waals surface area contributed by atoms with Crippen molar-refractivity contribution in [3.63, 3.8) is 0 Å². The molecule has 1 saturated heterocycles. The van der Waals surface area contributed by atoms with Crippen molar-refractivity contribution in [3.8, 4) is 0 Å². The number of hydrogen-bond acceptors (Lipinski definition) is 1. The Kier molecular flexibility index (Phi) is 2.30. The molecular formula is C7H10F3NO. The highest BCUT2D eigenvalue weighted by Gasteiger charge is 2.46. The Morgan fingerprint density at radius 1 is 1.50 bits per heavy atom. The average Bonchev–Trinajstić information content (AvgIpc) is 2.30. The Morgan fingerprint density at radius 2 is 2.08 bits per heavy atom. The van der Waals surface area contributed by atoms with E-state index in [-0.39, 0.29) is 13.0 Å². The van der Waals surface area contributed by atoms with Gasteiger partial charge in [-0.3, -0.25) is 4.79 Å². The van der Waals surface area contributed by atoms with E-state index in [2.05, 4.69) is 0 Å². The van der Waals surface area contributed by atoms with E-state index in [0.29, 0.717) is 6.42 Å². The third-order valence-electron chi connectivity index (χ3n) is 2.04. The van der Waals surface area contributed by atoms with E-state index in [1.807, 2.05) is 0 Å². The van der Waals surface area contributed by atoms with E-state index in [0.717, 1.165) is 4.90 Å². The lowest BCUT2D eigenvalue weighted by Crippen LogP contribution is -2.43. The molecule has 0 aromatic carbocycles. The number of amides is 1. The average molecular weight is 181 g/mol. The normalized spacial score (nSPS) is 24.7. The minimum absolute atomic E-state index is 0.0447. The van der Waals surface area contributed by atoms with Crippen LogP contribution in [0.4, 0.5) is 13.2 Å². The van der Waals surface area contributed by atoms with E-state index in [4.69, 9.17) is 0 Å². The third kappa shape index (κ3) is 1.70. The molecule has 1 rings (SSSR count). The van der Waals surface area contributed by atoms with Crippen LogP contribution in [0.5, 0.6) is 0 Å². The molecule has 0 spiro atoms. The number of carbonyl (C=O) groups excluding carboxylic acids is 1. The standard InChI is InChI=1S/C7H10F3NO/c1-5(12)11-4-2-3-6(11)7(8,9)10/h6H,2-4H2,1H3/t6-/m0/s1. The van der Waals surface area contributed by atoms with Gasteiger partial charge in [-0.2, -0.15) is 13.2 Å². The van der Waals surface area contributed by atoms with Gasteiger partial charge in [-0.05, 0) is 12.8 Å². The zero-order valence-corrected chi connectivity index (χ0v) is 6.69. The molecule has 1 fully saturated rings. The molecule has 0 unspecified atom stereocenters.